The van der Waals surface area contributed by atoms with Crippen LogP contribution in [0.2, 0.25) is 0 Å². The van der Waals surface area contributed by atoms with Crippen LogP contribution in [0.4, 0.5) is 4.48 Å². The van der Waals surface area contributed by atoms with Crippen molar-refractivity contribution in [3.8, 4) is 0 Å². The average Bonchev–Trinajstić information content (AvgIpc) is 2.23. The van der Waals surface area contributed by atoms with Crippen molar-refractivity contribution in [1.82, 2.24) is 10.0 Å². The first-order valence-electron chi connectivity index (χ1n) is 5.01. The normalized spacial score (nSPS) is 19.8. The molecule has 1 heterocycles. The Morgan fingerprint density at radius 1 is 1.00 bits per heavy atom. The quantitative estimate of drug-likeness (QED) is 0.661. The highest BCUT2D eigenvalue weighted by molar-refractivity contribution is 5.14. The molecule has 0 amide bonds. The summed E-state index contributed by atoms with van der Waals surface area (Å²) in [6, 6.07) is 10.3. The first kappa shape index (κ1) is 9.62. The lowest BCUT2D eigenvalue weighted by molar-refractivity contribution is -0.0235. The van der Waals surface area contributed by atoms with Crippen molar-refractivity contribution < 1.29 is 4.48 Å². The molecule has 1 aromatic rings. The molecule has 1 saturated heterocycles. The molecule has 0 N–H and O–H groups in total. The molecule has 0 spiro atoms. The second-order valence-corrected chi connectivity index (χ2v) is 3.67. The van der Waals surface area contributed by atoms with Crippen LogP contribution in [0.5, 0.6) is 0 Å². The smallest absolute Gasteiger partial charge is 0.0418 e. The summed E-state index contributed by atoms with van der Waals surface area (Å²) in [5, 5.41) is 0.890. The molecule has 14 heavy (non-hydrogen) atoms. The first-order chi connectivity index (χ1) is 6.84. The summed E-state index contributed by atoms with van der Waals surface area (Å²) >= 11 is 0. The summed E-state index contributed by atoms with van der Waals surface area (Å²) in [6.45, 7) is 3.66. The number of benzene rings is 1. The van der Waals surface area contributed by atoms with E-state index in [0.717, 1.165) is 24.8 Å². The molecule has 0 atom stereocenters. The molecule has 0 saturated carbocycles. The van der Waals surface area contributed by atoms with Gasteiger partial charge in [0.05, 0.1) is 0 Å². The third-order valence-corrected chi connectivity index (χ3v) is 2.57. The van der Waals surface area contributed by atoms with E-state index < -0.39 is 0 Å². The molecule has 76 valence electrons. The zero-order valence-corrected chi connectivity index (χ0v) is 8.19. The molecule has 2 rings (SSSR count). The van der Waals surface area contributed by atoms with Gasteiger partial charge in [-0.1, -0.05) is 30.3 Å². The maximum Gasteiger partial charge on any atom is 0.0418 e. The molecule has 3 heteroatoms. The van der Waals surface area contributed by atoms with Crippen LogP contribution in [0.3, 0.4) is 0 Å². The van der Waals surface area contributed by atoms with Crippen LogP contribution in [-0.4, -0.2) is 36.2 Å². The molecule has 0 radical (unpaired) electrons. The molecule has 1 aliphatic rings. The van der Waals surface area contributed by atoms with Gasteiger partial charge in [-0.25, -0.2) is 0 Å². The van der Waals surface area contributed by atoms with Gasteiger partial charge in [0.25, 0.3) is 0 Å². The number of rotatable bonds is 2. The lowest BCUT2D eigenvalue weighted by Gasteiger charge is -2.29. The van der Waals surface area contributed by atoms with E-state index in [9.17, 15) is 4.48 Å². The van der Waals surface area contributed by atoms with Gasteiger partial charge >= 0.3 is 0 Å². The lowest BCUT2D eigenvalue weighted by Crippen LogP contribution is -2.42. The average molecular weight is 194 g/mol. The van der Waals surface area contributed by atoms with Gasteiger partial charge in [0.1, 0.15) is 0 Å². The van der Waals surface area contributed by atoms with E-state index in [1.54, 1.807) is 0 Å². The summed E-state index contributed by atoms with van der Waals surface area (Å²) in [5.41, 5.74) is 1.31. The predicted octanol–water partition coefficient (Wildman–Crippen LogP) is 1.69. The third kappa shape index (κ3) is 2.53. The van der Waals surface area contributed by atoms with Gasteiger partial charge in [0.15, 0.2) is 0 Å². The predicted molar refractivity (Wildman–Crippen MR) is 54.4 cm³/mol. The number of piperazine rings is 1. The summed E-state index contributed by atoms with van der Waals surface area (Å²) in [6.07, 6.45) is 0. The number of nitrogens with zero attached hydrogens (tertiary/aromatic N) is 2. The van der Waals surface area contributed by atoms with Crippen molar-refractivity contribution in [3.05, 3.63) is 35.9 Å². The van der Waals surface area contributed by atoms with E-state index in [-0.39, 0.29) is 0 Å². The van der Waals surface area contributed by atoms with Crippen LogP contribution in [0.15, 0.2) is 30.3 Å². The maximum atomic E-state index is 12.7. The Hall–Kier alpha value is -0.930. The highest BCUT2D eigenvalue weighted by Crippen LogP contribution is 2.07. The summed E-state index contributed by atoms with van der Waals surface area (Å²) in [7, 11) is 0. The van der Waals surface area contributed by atoms with Crippen LogP contribution in [0.25, 0.3) is 0 Å². The minimum Gasteiger partial charge on any atom is -0.296 e. The Morgan fingerprint density at radius 2 is 1.64 bits per heavy atom. The van der Waals surface area contributed by atoms with Gasteiger partial charge in [0, 0.05) is 32.7 Å². The molecule has 0 unspecified atom stereocenters. The maximum absolute atomic E-state index is 12.7. The minimum atomic E-state index is 0.535. The zero-order chi connectivity index (χ0) is 9.80. The molecule has 1 fully saturated rings. The van der Waals surface area contributed by atoms with E-state index in [1.807, 2.05) is 18.2 Å². The van der Waals surface area contributed by atoms with Gasteiger partial charge in [-0.15, -0.1) is 9.60 Å². The van der Waals surface area contributed by atoms with Gasteiger partial charge in [-0.3, -0.25) is 4.90 Å². The monoisotopic (exact) mass is 194 g/mol. The second kappa shape index (κ2) is 4.53. The topological polar surface area (TPSA) is 6.48 Å². The van der Waals surface area contributed by atoms with Gasteiger partial charge in [-0.2, -0.15) is 0 Å². The third-order valence-electron chi connectivity index (χ3n) is 2.57. The first-order valence-corrected chi connectivity index (χ1v) is 5.01. The molecule has 2 nitrogen and oxygen atoms in total. The lowest BCUT2D eigenvalue weighted by atomic mass is 10.2. The van der Waals surface area contributed by atoms with Gasteiger partial charge in [-0.05, 0) is 5.56 Å². The van der Waals surface area contributed by atoms with Crippen molar-refractivity contribution in [2.24, 2.45) is 0 Å². The number of halogens is 1. The Balaban J connectivity index is 1.87. The molecule has 0 bridgehead atoms. The largest absolute Gasteiger partial charge is 0.296 e. The Bertz CT molecular complexity index is 268. The molecule has 0 aromatic heterocycles. The van der Waals surface area contributed by atoms with Crippen LogP contribution in [-0.2, 0) is 6.54 Å². The fourth-order valence-electron chi connectivity index (χ4n) is 1.72. The summed E-state index contributed by atoms with van der Waals surface area (Å²) in [5.74, 6) is 0. The van der Waals surface area contributed by atoms with E-state index in [4.69, 9.17) is 0 Å². The van der Waals surface area contributed by atoms with Crippen LogP contribution in [0, 0.1) is 0 Å². The Labute approximate surface area is 83.9 Å². The number of hydrogen-bond donors (Lipinski definition) is 0. The Morgan fingerprint density at radius 3 is 2.29 bits per heavy atom. The van der Waals surface area contributed by atoms with E-state index in [1.165, 1.54) is 5.56 Å². The number of hydrogen-bond acceptors (Lipinski definition) is 2. The molecule has 1 aliphatic heterocycles. The van der Waals surface area contributed by atoms with Crippen LogP contribution < -0.4 is 0 Å². The van der Waals surface area contributed by atoms with Crippen molar-refractivity contribution in [2.45, 2.75) is 6.54 Å². The van der Waals surface area contributed by atoms with E-state index in [0.29, 0.717) is 13.1 Å². The van der Waals surface area contributed by atoms with Gasteiger partial charge in [0.2, 0.25) is 0 Å². The summed E-state index contributed by atoms with van der Waals surface area (Å²) in [4.78, 5) is 2.28. The SMILES string of the molecule is FN1CCN(Cc2ccccc2)CC1. The van der Waals surface area contributed by atoms with Crippen molar-refractivity contribution >= 4 is 0 Å². The van der Waals surface area contributed by atoms with Crippen molar-refractivity contribution in [2.75, 3.05) is 26.2 Å². The fourth-order valence-corrected chi connectivity index (χ4v) is 1.72. The molecular formula is C11H15FN2. The van der Waals surface area contributed by atoms with E-state index in [2.05, 4.69) is 17.0 Å². The zero-order valence-electron chi connectivity index (χ0n) is 8.19. The van der Waals surface area contributed by atoms with E-state index >= 15 is 0 Å². The van der Waals surface area contributed by atoms with Crippen molar-refractivity contribution in [1.29, 1.82) is 0 Å². The van der Waals surface area contributed by atoms with Crippen LogP contribution in [0.1, 0.15) is 5.56 Å². The highest BCUT2D eigenvalue weighted by Gasteiger charge is 2.15. The van der Waals surface area contributed by atoms with Crippen molar-refractivity contribution in [3.63, 3.8) is 0 Å². The second-order valence-electron chi connectivity index (χ2n) is 3.67. The van der Waals surface area contributed by atoms with Gasteiger partial charge < -0.3 is 0 Å². The standard InChI is InChI=1S/C11H15FN2/c12-14-8-6-13(7-9-14)10-11-4-2-1-3-5-11/h1-5H,6-10H2. The fraction of sp³-hybridized carbons (Fsp3) is 0.455. The summed E-state index contributed by atoms with van der Waals surface area (Å²) < 4.78 is 12.7. The Kier molecular flexibility index (Phi) is 3.11. The molecule has 1 aromatic carbocycles. The molecule has 0 aliphatic carbocycles. The molecular weight excluding hydrogens is 179 g/mol. The minimum absolute atomic E-state index is 0.535. The van der Waals surface area contributed by atoms with Crippen LogP contribution >= 0.6 is 0 Å². The highest BCUT2D eigenvalue weighted by atomic mass is 19.2.